The Bertz CT molecular complexity index is 342. The average Bonchev–Trinajstić information content (AvgIpc) is 3.00. The summed E-state index contributed by atoms with van der Waals surface area (Å²) in [6, 6.07) is 5.01. The predicted octanol–water partition coefficient (Wildman–Crippen LogP) is 3.55. The molecule has 2 saturated carbocycles. The van der Waals surface area contributed by atoms with E-state index in [9.17, 15) is 0 Å². The minimum absolute atomic E-state index is 0.639. The molecule has 2 heteroatoms. The minimum Gasteiger partial charge on any atom is -0.469 e. The fourth-order valence-electron chi connectivity index (χ4n) is 3.14. The molecule has 0 radical (unpaired) electrons. The molecular weight excluding hydrogens is 210 g/mol. The number of hydrogen-bond donors (Lipinski definition) is 1. The summed E-state index contributed by atoms with van der Waals surface area (Å²) < 4.78 is 5.65. The molecule has 17 heavy (non-hydrogen) atoms. The zero-order valence-corrected chi connectivity index (χ0v) is 10.7. The average molecular weight is 233 g/mol. The molecule has 3 atom stereocenters. The van der Waals surface area contributed by atoms with Gasteiger partial charge in [0.2, 0.25) is 0 Å². The molecule has 0 saturated heterocycles. The van der Waals surface area contributed by atoms with Gasteiger partial charge in [0.05, 0.1) is 6.26 Å². The Balaban J connectivity index is 1.65. The Morgan fingerprint density at radius 2 is 2.18 bits per heavy atom. The molecule has 1 N–H and O–H groups in total. The largest absolute Gasteiger partial charge is 0.469 e. The minimum atomic E-state index is 0.639. The van der Waals surface area contributed by atoms with Crippen LogP contribution >= 0.6 is 0 Å². The molecule has 0 amide bonds. The molecule has 94 valence electrons. The van der Waals surface area contributed by atoms with E-state index in [0.717, 1.165) is 17.9 Å². The van der Waals surface area contributed by atoms with E-state index >= 15 is 0 Å². The van der Waals surface area contributed by atoms with Gasteiger partial charge in [-0.15, -0.1) is 0 Å². The van der Waals surface area contributed by atoms with Gasteiger partial charge in [-0.3, -0.25) is 0 Å². The van der Waals surface area contributed by atoms with Gasteiger partial charge < -0.3 is 9.73 Å². The lowest BCUT2D eigenvalue weighted by molar-refractivity contribution is 0.218. The molecule has 3 unspecified atom stereocenters. The highest BCUT2D eigenvalue weighted by Gasteiger charge is 2.32. The first-order valence-corrected chi connectivity index (χ1v) is 7.09. The van der Waals surface area contributed by atoms with Crippen molar-refractivity contribution in [3.63, 3.8) is 0 Å². The summed E-state index contributed by atoms with van der Waals surface area (Å²) in [4.78, 5) is 0. The van der Waals surface area contributed by atoms with E-state index in [2.05, 4.69) is 18.3 Å². The molecule has 1 heterocycles. The van der Waals surface area contributed by atoms with E-state index in [1.165, 1.54) is 44.4 Å². The van der Waals surface area contributed by atoms with Crippen LogP contribution in [0.5, 0.6) is 0 Å². The maximum atomic E-state index is 5.65. The lowest BCUT2D eigenvalue weighted by Crippen LogP contribution is -2.32. The summed E-state index contributed by atoms with van der Waals surface area (Å²) in [5.41, 5.74) is 0. The zero-order valence-electron chi connectivity index (χ0n) is 10.7. The highest BCUT2D eigenvalue weighted by molar-refractivity contribution is 5.09. The van der Waals surface area contributed by atoms with Gasteiger partial charge >= 0.3 is 0 Å². The fourth-order valence-corrected chi connectivity index (χ4v) is 3.14. The van der Waals surface area contributed by atoms with Crippen molar-refractivity contribution in [3.05, 3.63) is 24.2 Å². The van der Waals surface area contributed by atoms with Crippen LogP contribution in [-0.4, -0.2) is 12.6 Å². The Morgan fingerprint density at radius 3 is 2.88 bits per heavy atom. The van der Waals surface area contributed by atoms with Crippen molar-refractivity contribution in [3.8, 4) is 0 Å². The molecule has 0 aliphatic heterocycles. The number of furan rings is 1. The highest BCUT2D eigenvalue weighted by atomic mass is 16.3. The molecule has 1 aromatic heterocycles. The van der Waals surface area contributed by atoms with Crippen molar-refractivity contribution in [2.24, 2.45) is 11.8 Å². The van der Waals surface area contributed by atoms with Crippen molar-refractivity contribution < 1.29 is 4.42 Å². The third-order valence-electron chi connectivity index (χ3n) is 4.41. The van der Waals surface area contributed by atoms with Crippen LogP contribution in [0.4, 0.5) is 0 Å². The smallest absolute Gasteiger partial charge is 0.107 e. The molecular formula is C15H23NO. The Hall–Kier alpha value is -0.760. The predicted molar refractivity (Wildman–Crippen MR) is 69.0 cm³/mol. The molecule has 0 aromatic carbocycles. The van der Waals surface area contributed by atoms with Crippen LogP contribution in [0.1, 0.15) is 50.7 Å². The normalized spacial score (nSPS) is 33.8. The van der Waals surface area contributed by atoms with Crippen LogP contribution in [0.25, 0.3) is 0 Å². The summed E-state index contributed by atoms with van der Waals surface area (Å²) in [7, 11) is 0. The summed E-state index contributed by atoms with van der Waals surface area (Å²) in [6.07, 6.45) is 8.62. The molecule has 1 aromatic rings. The van der Waals surface area contributed by atoms with Crippen LogP contribution in [0, 0.1) is 11.8 Å². The van der Waals surface area contributed by atoms with Crippen LogP contribution in [0.15, 0.2) is 22.8 Å². The van der Waals surface area contributed by atoms with E-state index in [1.807, 2.05) is 12.3 Å². The Kier molecular flexibility index (Phi) is 3.24. The van der Waals surface area contributed by atoms with Crippen molar-refractivity contribution >= 4 is 0 Å². The van der Waals surface area contributed by atoms with Crippen LogP contribution in [0.2, 0.25) is 0 Å². The van der Waals surface area contributed by atoms with Crippen LogP contribution in [-0.2, 0) is 0 Å². The molecule has 2 aliphatic rings. The van der Waals surface area contributed by atoms with Crippen molar-refractivity contribution in [1.29, 1.82) is 0 Å². The van der Waals surface area contributed by atoms with Gasteiger partial charge in [-0.2, -0.15) is 0 Å². The quantitative estimate of drug-likeness (QED) is 0.860. The van der Waals surface area contributed by atoms with Crippen LogP contribution in [0.3, 0.4) is 0 Å². The van der Waals surface area contributed by atoms with E-state index < -0.39 is 0 Å². The summed E-state index contributed by atoms with van der Waals surface area (Å²) in [6.45, 7) is 3.56. The van der Waals surface area contributed by atoms with E-state index in [0.29, 0.717) is 5.92 Å². The fraction of sp³-hybridized carbons (Fsp3) is 0.733. The second-order valence-corrected chi connectivity index (χ2v) is 5.98. The lowest BCUT2D eigenvalue weighted by Gasteiger charge is -2.34. The van der Waals surface area contributed by atoms with Gasteiger partial charge in [-0.25, -0.2) is 0 Å². The first kappa shape index (κ1) is 11.3. The maximum absolute atomic E-state index is 5.65. The van der Waals surface area contributed by atoms with Gasteiger partial charge in [-0.05, 0) is 56.2 Å². The lowest BCUT2D eigenvalue weighted by atomic mass is 9.73. The second kappa shape index (κ2) is 4.85. The number of nitrogens with one attached hydrogen (secondary N) is 1. The van der Waals surface area contributed by atoms with E-state index in [-0.39, 0.29) is 0 Å². The van der Waals surface area contributed by atoms with Gasteiger partial charge in [0.25, 0.3) is 0 Å². The van der Waals surface area contributed by atoms with Gasteiger partial charge in [0.1, 0.15) is 5.76 Å². The Morgan fingerprint density at radius 1 is 1.29 bits per heavy atom. The van der Waals surface area contributed by atoms with Crippen molar-refractivity contribution in [2.45, 2.75) is 51.0 Å². The van der Waals surface area contributed by atoms with Gasteiger partial charge in [0, 0.05) is 12.0 Å². The van der Waals surface area contributed by atoms with Crippen molar-refractivity contribution in [2.75, 3.05) is 6.54 Å². The number of rotatable bonds is 4. The third-order valence-corrected chi connectivity index (χ3v) is 4.41. The topological polar surface area (TPSA) is 25.2 Å². The van der Waals surface area contributed by atoms with Crippen molar-refractivity contribution in [1.82, 2.24) is 5.32 Å². The molecule has 2 aliphatic carbocycles. The molecule has 0 spiro atoms. The number of hydrogen-bond acceptors (Lipinski definition) is 2. The molecule has 2 fully saturated rings. The summed E-state index contributed by atoms with van der Waals surface area (Å²) in [5, 5.41) is 3.69. The van der Waals surface area contributed by atoms with E-state index in [1.54, 1.807) is 0 Å². The van der Waals surface area contributed by atoms with E-state index in [4.69, 9.17) is 4.42 Å². The maximum Gasteiger partial charge on any atom is 0.107 e. The molecule has 0 bridgehead atoms. The molecule has 3 rings (SSSR count). The Labute approximate surface area is 104 Å². The standard InChI is InChI=1S/C15H23NO/c1-11-4-5-12(10-16-13-6-7-13)14(9-11)15-3-2-8-17-15/h2-3,8,11-14,16H,4-7,9-10H2,1H3. The summed E-state index contributed by atoms with van der Waals surface area (Å²) in [5.74, 6) is 3.47. The monoisotopic (exact) mass is 233 g/mol. The second-order valence-electron chi connectivity index (χ2n) is 5.98. The van der Waals surface area contributed by atoms with Gasteiger partial charge in [-0.1, -0.05) is 13.3 Å². The summed E-state index contributed by atoms with van der Waals surface area (Å²) >= 11 is 0. The SMILES string of the molecule is CC1CCC(CNC2CC2)C(c2ccco2)C1. The highest BCUT2D eigenvalue weighted by Crippen LogP contribution is 2.40. The first-order valence-electron chi connectivity index (χ1n) is 7.09. The third kappa shape index (κ3) is 2.74. The first-order chi connectivity index (χ1) is 8.33. The van der Waals surface area contributed by atoms with Gasteiger partial charge in [0.15, 0.2) is 0 Å². The zero-order chi connectivity index (χ0) is 11.7. The molecule has 2 nitrogen and oxygen atoms in total. The van der Waals surface area contributed by atoms with Crippen LogP contribution < -0.4 is 5.32 Å².